The van der Waals surface area contributed by atoms with E-state index in [2.05, 4.69) is 15.3 Å². The number of H-pyrrole nitrogens is 1. The second-order valence-electron chi connectivity index (χ2n) is 5.80. The summed E-state index contributed by atoms with van der Waals surface area (Å²) in [6.07, 6.45) is 3.64. The molecular weight excluding hydrogens is 324 g/mol. The van der Waals surface area contributed by atoms with Crippen LogP contribution in [0.1, 0.15) is 21.7 Å². The van der Waals surface area contributed by atoms with Gasteiger partial charge in [-0.1, -0.05) is 23.7 Å². The van der Waals surface area contributed by atoms with Gasteiger partial charge in [0.05, 0.1) is 17.3 Å². The lowest BCUT2D eigenvalue weighted by atomic mass is 10.2. The van der Waals surface area contributed by atoms with Gasteiger partial charge in [-0.25, -0.2) is 4.98 Å². The number of halogens is 1. The van der Waals surface area contributed by atoms with Gasteiger partial charge in [-0.15, -0.1) is 0 Å². The van der Waals surface area contributed by atoms with Crippen LogP contribution in [-0.4, -0.2) is 20.3 Å². The number of fused-ring (bicyclic) bond motifs is 2. The van der Waals surface area contributed by atoms with Gasteiger partial charge in [-0.3, -0.25) is 4.79 Å². The predicted octanol–water partition coefficient (Wildman–Crippen LogP) is 3.71. The summed E-state index contributed by atoms with van der Waals surface area (Å²) in [7, 11) is 0. The Labute approximate surface area is 143 Å². The predicted molar refractivity (Wildman–Crippen MR) is 94.4 cm³/mol. The van der Waals surface area contributed by atoms with Crippen LogP contribution in [0.4, 0.5) is 0 Å². The van der Waals surface area contributed by atoms with Crippen molar-refractivity contribution in [1.82, 2.24) is 19.7 Å². The van der Waals surface area contributed by atoms with Crippen molar-refractivity contribution in [2.24, 2.45) is 0 Å². The fourth-order valence-corrected chi connectivity index (χ4v) is 2.90. The number of carbonyl (C=O) groups excluding carboxylic acids is 1. The average Bonchev–Trinajstić information content (AvgIpc) is 3.15. The van der Waals surface area contributed by atoms with E-state index in [1.807, 2.05) is 47.9 Å². The maximum Gasteiger partial charge on any atom is 0.268 e. The van der Waals surface area contributed by atoms with Gasteiger partial charge in [-0.05, 0) is 36.8 Å². The molecule has 0 fully saturated rings. The summed E-state index contributed by atoms with van der Waals surface area (Å²) in [5.74, 6) is -0.154. The van der Waals surface area contributed by atoms with Crippen molar-refractivity contribution >= 4 is 34.1 Å². The van der Waals surface area contributed by atoms with Gasteiger partial charge in [-0.2, -0.15) is 0 Å². The monoisotopic (exact) mass is 338 g/mol. The summed E-state index contributed by atoms with van der Waals surface area (Å²) in [4.78, 5) is 19.9. The van der Waals surface area contributed by atoms with Crippen LogP contribution in [0.3, 0.4) is 0 Å². The number of aryl methyl sites for hydroxylation is 1. The van der Waals surface area contributed by atoms with Crippen LogP contribution < -0.4 is 5.32 Å². The van der Waals surface area contributed by atoms with Crippen molar-refractivity contribution in [2.45, 2.75) is 13.5 Å². The fourth-order valence-electron chi connectivity index (χ4n) is 2.73. The van der Waals surface area contributed by atoms with Crippen LogP contribution in [0.2, 0.25) is 5.02 Å². The third kappa shape index (κ3) is 2.74. The molecule has 24 heavy (non-hydrogen) atoms. The highest BCUT2D eigenvalue weighted by Gasteiger charge is 2.10. The van der Waals surface area contributed by atoms with Crippen molar-refractivity contribution < 1.29 is 4.79 Å². The van der Waals surface area contributed by atoms with E-state index in [4.69, 9.17) is 11.6 Å². The molecule has 1 amide bonds. The Morgan fingerprint density at radius 2 is 2.12 bits per heavy atom. The highest BCUT2D eigenvalue weighted by atomic mass is 35.5. The molecule has 3 aromatic heterocycles. The second kappa shape index (κ2) is 5.69. The number of benzene rings is 1. The second-order valence-corrected chi connectivity index (χ2v) is 6.24. The molecular formula is C18H15ClN4O. The standard InChI is InChI=1S/C18H15ClN4O/c1-11-2-3-12-7-16(22-15(12)6-11)18(24)20-8-14-10-23-9-13(19)4-5-17(23)21-14/h2-7,9-10,22H,8H2,1H3,(H,20,24). The normalized spacial score (nSPS) is 11.2. The van der Waals surface area contributed by atoms with E-state index in [1.54, 1.807) is 12.3 Å². The van der Waals surface area contributed by atoms with Gasteiger partial charge in [0.15, 0.2) is 0 Å². The number of pyridine rings is 1. The summed E-state index contributed by atoms with van der Waals surface area (Å²) in [5.41, 5.74) is 4.23. The Morgan fingerprint density at radius 1 is 1.25 bits per heavy atom. The van der Waals surface area contributed by atoms with E-state index in [0.29, 0.717) is 17.3 Å². The molecule has 0 radical (unpaired) electrons. The first-order valence-corrected chi connectivity index (χ1v) is 7.97. The van der Waals surface area contributed by atoms with Gasteiger partial charge >= 0.3 is 0 Å². The molecule has 6 heteroatoms. The lowest BCUT2D eigenvalue weighted by Gasteiger charge is -2.00. The van der Waals surface area contributed by atoms with Gasteiger partial charge in [0.1, 0.15) is 11.3 Å². The Morgan fingerprint density at radius 3 is 3.00 bits per heavy atom. The van der Waals surface area contributed by atoms with Crippen LogP contribution in [0.15, 0.2) is 48.8 Å². The summed E-state index contributed by atoms with van der Waals surface area (Å²) in [5, 5.41) is 4.55. The Kier molecular flexibility index (Phi) is 3.50. The largest absolute Gasteiger partial charge is 0.351 e. The molecule has 4 aromatic rings. The molecule has 4 rings (SSSR count). The number of aromatic amines is 1. The highest BCUT2D eigenvalue weighted by molar-refractivity contribution is 6.30. The smallest absolute Gasteiger partial charge is 0.268 e. The Hall–Kier alpha value is -2.79. The van der Waals surface area contributed by atoms with Crippen molar-refractivity contribution in [3.8, 4) is 0 Å². The van der Waals surface area contributed by atoms with Crippen molar-refractivity contribution in [3.63, 3.8) is 0 Å². The molecule has 3 heterocycles. The molecule has 0 aliphatic rings. The highest BCUT2D eigenvalue weighted by Crippen LogP contribution is 2.17. The molecule has 0 atom stereocenters. The molecule has 0 aliphatic heterocycles. The van der Waals surface area contributed by atoms with Crippen LogP contribution in [-0.2, 0) is 6.54 Å². The Bertz CT molecular complexity index is 1060. The van der Waals surface area contributed by atoms with E-state index in [1.165, 1.54) is 0 Å². The number of rotatable bonds is 3. The molecule has 0 bridgehead atoms. The minimum absolute atomic E-state index is 0.154. The third-order valence-corrected chi connectivity index (χ3v) is 4.14. The van der Waals surface area contributed by atoms with Gasteiger partial charge in [0.2, 0.25) is 0 Å². The molecule has 0 aliphatic carbocycles. The number of amides is 1. The summed E-state index contributed by atoms with van der Waals surface area (Å²) < 4.78 is 1.84. The summed E-state index contributed by atoms with van der Waals surface area (Å²) in [6, 6.07) is 11.5. The number of hydrogen-bond donors (Lipinski definition) is 2. The molecule has 0 spiro atoms. The number of aromatic nitrogens is 3. The summed E-state index contributed by atoms with van der Waals surface area (Å²) >= 11 is 5.96. The molecule has 5 nitrogen and oxygen atoms in total. The topological polar surface area (TPSA) is 62.2 Å². The van der Waals surface area contributed by atoms with Crippen LogP contribution >= 0.6 is 11.6 Å². The zero-order chi connectivity index (χ0) is 16.7. The first-order valence-electron chi connectivity index (χ1n) is 7.59. The van der Waals surface area contributed by atoms with Crippen molar-refractivity contribution in [2.75, 3.05) is 0 Å². The summed E-state index contributed by atoms with van der Waals surface area (Å²) in [6.45, 7) is 2.38. The number of carbonyl (C=O) groups is 1. The number of hydrogen-bond acceptors (Lipinski definition) is 2. The van der Waals surface area contributed by atoms with Crippen LogP contribution in [0, 0.1) is 6.92 Å². The van der Waals surface area contributed by atoms with E-state index >= 15 is 0 Å². The lowest BCUT2D eigenvalue weighted by molar-refractivity contribution is 0.0946. The minimum Gasteiger partial charge on any atom is -0.351 e. The molecule has 2 N–H and O–H groups in total. The number of nitrogens with zero attached hydrogens (tertiary/aromatic N) is 2. The lowest BCUT2D eigenvalue weighted by Crippen LogP contribution is -2.23. The maximum atomic E-state index is 12.3. The van der Waals surface area contributed by atoms with E-state index < -0.39 is 0 Å². The molecule has 120 valence electrons. The number of nitrogens with one attached hydrogen (secondary N) is 2. The molecule has 0 unspecified atom stereocenters. The van der Waals surface area contributed by atoms with Crippen molar-refractivity contribution in [1.29, 1.82) is 0 Å². The van der Waals surface area contributed by atoms with Crippen LogP contribution in [0.5, 0.6) is 0 Å². The molecule has 1 aromatic carbocycles. The van der Waals surface area contributed by atoms with Crippen LogP contribution in [0.25, 0.3) is 16.6 Å². The maximum absolute atomic E-state index is 12.3. The zero-order valence-corrected chi connectivity index (χ0v) is 13.8. The van der Waals surface area contributed by atoms with E-state index in [-0.39, 0.29) is 5.91 Å². The van der Waals surface area contributed by atoms with E-state index in [0.717, 1.165) is 27.8 Å². The van der Waals surface area contributed by atoms with Gasteiger partial charge in [0, 0.05) is 23.3 Å². The first-order chi connectivity index (χ1) is 11.6. The van der Waals surface area contributed by atoms with E-state index in [9.17, 15) is 4.79 Å². The van der Waals surface area contributed by atoms with Crippen molar-refractivity contribution in [3.05, 3.63) is 70.8 Å². The fraction of sp³-hybridized carbons (Fsp3) is 0.111. The average molecular weight is 339 g/mol. The number of imidazole rings is 1. The SMILES string of the molecule is Cc1ccc2cc(C(=O)NCc3cn4cc(Cl)ccc4n3)[nH]c2c1. The Balaban J connectivity index is 1.52. The van der Waals surface area contributed by atoms with Gasteiger partial charge in [0.25, 0.3) is 5.91 Å². The van der Waals surface area contributed by atoms with Gasteiger partial charge < -0.3 is 14.7 Å². The zero-order valence-electron chi connectivity index (χ0n) is 13.0. The quantitative estimate of drug-likeness (QED) is 0.598. The minimum atomic E-state index is -0.154. The molecule has 0 saturated carbocycles. The third-order valence-electron chi connectivity index (χ3n) is 3.92. The first kappa shape index (κ1) is 14.8. The molecule has 0 saturated heterocycles.